The zero-order valence-electron chi connectivity index (χ0n) is 13.0. The van der Waals surface area contributed by atoms with Crippen molar-refractivity contribution in [2.75, 3.05) is 19.6 Å². The lowest BCUT2D eigenvalue weighted by Gasteiger charge is -2.18. The second-order valence-electron chi connectivity index (χ2n) is 5.17. The van der Waals surface area contributed by atoms with Crippen LogP contribution in [0.5, 0.6) is 5.75 Å². The molecule has 0 fully saturated rings. The molecule has 1 aromatic heterocycles. The van der Waals surface area contributed by atoms with Gasteiger partial charge in [0.15, 0.2) is 0 Å². The van der Waals surface area contributed by atoms with Crippen LogP contribution in [0.2, 0.25) is 0 Å². The lowest BCUT2D eigenvalue weighted by atomic mass is 10.1. The highest BCUT2D eigenvalue weighted by molar-refractivity contribution is 5.91. The average Bonchev–Trinajstić information content (AvgIpc) is 2.89. The van der Waals surface area contributed by atoms with Crippen molar-refractivity contribution >= 4 is 16.9 Å². The van der Waals surface area contributed by atoms with Gasteiger partial charge in [0, 0.05) is 43.7 Å². The van der Waals surface area contributed by atoms with Gasteiger partial charge in [-0.25, -0.2) is 0 Å². The van der Waals surface area contributed by atoms with E-state index in [9.17, 15) is 4.79 Å². The molecule has 0 aliphatic heterocycles. The molecular formula is C18H22N2O2. The SMILES string of the molecule is C=CCN(CC=C)CCc1c[nH]c2cccc(OC(C)=O)c12. The molecule has 1 heterocycles. The quantitative estimate of drug-likeness (QED) is 0.462. The standard InChI is InChI=1S/C18H22N2O2/c1-4-10-20(11-5-2)12-9-15-13-19-16-7-6-8-17(18(15)16)22-14(3)21/h4-8,13,19H,1-2,9-12H2,3H3. The van der Waals surface area contributed by atoms with E-state index >= 15 is 0 Å². The van der Waals surface area contributed by atoms with Crippen LogP contribution in [0.15, 0.2) is 49.7 Å². The molecule has 0 saturated heterocycles. The molecule has 0 saturated carbocycles. The average molecular weight is 298 g/mol. The second kappa shape index (κ2) is 7.61. The fourth-order valence-electron chi connectivity index (χ4n) is 2.56. The molecule has 2 aromatic rings. The van der Waals surface area contributed by atoms with Crippen molar-refractivity contribution in [2.45, 2.75) is 13.3 Å². The summed E-state index contributed by atoms with van der Waals surface area (Å²) in [6.07, 6.45) is 6.63. The molecule has 4 heteroatoms. The van der Waals surface area contributed by atoms with Gasteiger partial charge in [-0.05, 0) is 24.1 Å². The molecule has 0 unspecified atom stereocenters. The maximum absolute atomic E-state index is 11.3. The van der Waals surface area contributed by atoms with Crippen molar-refractivity contribution < 1.29 is 9.53 Å². The van der Waals surface area contributed by atoms with E-state index in [1.807, 2.05) is 36.5 Å². The molecular weight excluding hydrogens is 276 g/mol. The van der Waals surface area contributed by atoms with E-state index in [0.29, 0.717) is 5.75 Å². The van der Waals surface area contributed by atoms with Crippen molar-refractivity contribution in [1.82, 2.24) is 9.88 Å². The molecule has 1 N–H and O–H groups in total. The number of nitrogens with zero attached hydrogens (tertiary/aromatic N) is 1. The predicted octanol–water partition coefficient (Wildman–Crippen LogP) is 3.31. The Balaban J connectivity index is 2.21. The highest BCUT2D eigenvalue weighted by atomic mass is 16.5. The Morgan fingerprint density at radius 3 is 2.68 bits per heavy atom. The Kier molecular flexibility index (Phi) is 5.55. The zero-order valence-corrected chi connectivity index (χ0v) is 13.0. The smallest absolute Gasteiger partial charge is 0.308 e. The Bertz CT molecular complexity index is 663. The molecule has 0 atom stereocenters. The molecule has 2 rings (SSSR count). The van der Waals surface area contributed by atoms with Gasteiger partial charge in [-0.2, -0.15) is 0 Å². The zero-order chi connectivity index (χ0) is 15.9. The minimum absolute atomic E-state index is 0.306. The van der Waals surface area contributed by atoms with Crippen LogP contribution < -0.4 is 4.74 Å². The molecule has 0 aliphatic carbocycles. The number of benzene rings is 1. The van der Waals surface area contributed by atoms with E-state index < -0.39 is 0 Å². The monoisotopic (exact) mass is 298 g/mol. The fourth-order valence-corrected chi connectivity index (χ4v) is 2.56. The van der Waals surface area contributed by atoms with Gasteiger partial charge in [0.1, 0.15) is 5.75 Å². The number of fused-ring (bicyclic) bond motifs is 1. The summed E-state index contributed by atoms with van der Waals surface area (Å²) in [6, 6.07) is 5.69. The summed E-state index contributed by atoms with van der Waals surface area (Å²) in [5, 5.41) is 0.981. The van der Waals surface area contributed by atoms with Crippen molar-refractivity contribution in [2.24, 2.45) is 0 Å². The third kappa shape index (κ3) is 3.86. The second-order valence-corrected chi connectivity index (χ2v) is 5.17. The van der Waals surface area contributed by atoms with E-state index in [0.717, 1.165) is 42.5 Å². The van der Waals surface area contributed by atoms with Crippen molar-refractivity contribution in [3.8, 4) is 5.75 Å². The van der Waals surface area contributed by atoms with E-state index in [4.69, 9.17) is 4.74 Å². The fraction of sp³-hybridized carbons (Fsp3) is 0.278. The molecule has 0 radical (unpaired) electrons. The third-order valence-electron chi connectivity index (χ3n) is 3.47. The van der Waals surface area contributed by atoms with E-state index in [-0.39, 0.29) is 5.97 Å². The number of carbonyl (C=O) groups excluding carboxylic acids is 1. The van der Waals surface area contributed by atoms with Crippen LogP contribution >= 0.6 is 0 Å². The topological polar surface area (TPSA) is 45.3 Å². The molecule has 0 spiro atoms. The summed E-state index contributed by atoms with van der Waals surface area (Å²) in [6.45, 7) is 11.5. The molecule has 116 valence electrons. The largest absolute Gasteiger partial charge is 0.426 e. The number of hydrogen-bond acceptors (Lipinski definition) is 3. The lowest BCUT2D eigenvalue weighted by molar-refractivity contribution is -0.131. The number of rotatable bonds is 8. The Morgan fingerprint density at radius 1 is 1.32 bits per heavy atom. The van der Waals surface area contributed by atoms with Gasteiger partial charge < -0.3 is 9.72 Å². The Morgan fingerprint density at radius 2 is 2.05 bits per heavy atom. The van der Waals surface area contributed by atoms with Crippen LogP contribution in [0, 0.1) is 0 Å². The summed E-state index contributed by atoms with van der Waals surface area (Å²) in [7, 11) is 0. The molecule has 22 heavy (non-hydrogen) atoms. The van der Waals surface area contributed by atoms with Crippen molar-refractivity contribution in [3.05, 3.63) is 55.3 Å². The van der Waals surface area contributed by atoms with E-state index in [1.54, 1.807) is 0 Å². The van der Waals surface area contributed by atoms with Gasteiger partial charge in [0.05, 0.1) is 0 Å². The first-order chi connectivity index (χ1) is 10.7. The Hall–Kier alpha value is -2.33. The summed E-state index contributed by atoms with van der Waals surface area (Å²) >= 11 is 0. The highest BCUT2D eigenvalue weighted by Crippen LogP contribution is 2.29. The van der Waals surface area contributed by atoms with Gasteiger partial charge >= 0.3 is 5.97 Å². The number of aromatic nitrogens is 1. The van der Waals surface area contributed by atoms with Crippen LogP contribution in [-0.2, 0) is 11.2 Å². The van der Waals surface area contributed by atoms with Crippen LogP contribution in [0.3, 0.4) is 0 Å². The van der Waals surface area contributed by atoms with Gasteiger partial charge in [-0.1, -0.05) is 18.2 Å². The number of esters is 1. The van der Waals surface area contributed by atoms with Gasteiger partial charge in [-0.15, -0.1) is 13.2 Å². The first-order valence-electron chi connectivity index (χ1n) is 7.37. The van der Waals surface area contributed by atoms with Crippen LogP contribution in [-0.4, -0.2) is 35.5 Å². The predicted molar refractivity (Wildman–Crippen MR) is 90.1 cm³/mol. The number of carbonyl (C=O) groups is 1. The minimum Gasteiger partial charge on any atom is -0.426 e. The first kappa shape index (κ1) is 16.0. The number of H-pyrrole nitrogens is 1. The summed E-state index contributed by atoms with van der Waals surface area (Å²) in [4.78, 5) is 16.8. The number of ether oxygens (including phenoxy) is 1. The molecule has 4 nitrogen and oxygen atoms in total. The Labute approximate surface area is 131 Å². The van der Waals surface area contributed by atoms with E-state index in [1.165, 1.54) is 6.92 Å². The van der Waals surface area contributed by atoms with Crippen LogP contribution in [0.4, 0.5) is 0 Å². The van der Waals surface area contributed by atoms with Crippen molar-refractivity contribution in [1.29, 1.82) is 0 Å². The third-order valence-corrected chi connectivity index (χ3v) is 3.47. The molecule has 1 aromatic carbocycles. The van der Waals surface area contributed by atoms with Gasteiger partial charge in [-0.3, -0.25) is 9.69 Å². The first-order valence-corrected chi connectivity index (χ1v) is 7.37. The number of hydrogen-bond donors (Lipinski definition) is 1. The molecule has 0 bridgehead atoms. The minimum atomic E-state index is -0.306. The maximum Gasteiger partial charge on any atom is 0.308 e. The maximum atomic E-state index is 11.3. The highest BCUT2D eigenvalue weighted by Gasteiger charge is 2.12. The van der Waals surface area contributed by atoms with Crippen LogP contribution in [0.1, 0.15) is 12.5 Å². The summed E-state index contributed by atoms with van der Waals surface area (Å²) in [5.41, 5.74) is 2.12. The summed E-state index contributed by atoms with van der Waals surface area (Å²) < 4.78 is 5.32. The van der Waals surface area contributed by atoms with Gasteiger partial charge in [0.2, 0.25) is 0 Å². The molecule has 0 amide bonds. The molecule has 0 aliphatic rings. The van der Waals surface area contributed by atoms with Crippen LogP contribution in [0.25, 0.3) is 10.9 Å². The van der Waals surface area contributed by atoms with Gasteiger partial charge in [0.25, 0.3) is 0 Å². The normalized spacial score (nSPS) is 10.8. The summed E-state index contributed by atoms with van der Waals surface area (Å²) in [5.74, 6) is 0.305. The number of aromatic amines is 1. The van der Waals surface area contributed by atoms with E-state index in [2.05, 4.69) is 23.0 Å². The lowest BCUT2D eigenvalue weighted by Crippen LogP contribution is -2.26. The number of nitrogens with one attached hydrogen (secondary N) is 1. The van der Waals surface area contributed by atoms with Crippen molar-refractivity contribution in [3.63, 3.8) is 0 Å².